The third-order valence-corrected chi connectivity index (χ3v) is 11.8. The van der Waals surface area contributed by atoms with E-state index in [0.717, 1.165) is 5.56 Å². The van der Waals surface area contributed by atoms with Gasteiger partial charge in [-0.15, -0.1) is 13.2 Å². The summed E-state index contributed by atoms with van der Waals surface area (Å²) < 4.78 is 12.9. The van der Waals surface area contributed by atoms with E-state index >= 15 is 4.79 Å². The van der Waals surface area contributed by atoms with Crippen molar-refractivity contribution in [2.75, 3.05) is 24.6 Å². The lowest BCUT2D eigenvalue weighted by molar-refractivity contribution is -0.161. The van der Waals surface area contributed by atoms with Crippen LogP contribution >= 0.6 is 27.5 Å². The molecule has 3 aliphatic heterocycles. The Morgan fingerprint density at radius 3 is 2.55 bits per heavy atom. The Labute approximate surface area is 313 Å². The zero-order chi connectivity index (χ0) is 37.0. The summed E-state index contributed by atoms with van der Waals surface area (Å²) in [7, 11) is 0. The number of aliphatic hydroxyl groups is 1. The number of aryl methyl sites for hydroxylation is 1. The van der Waals surface area contributed by atoms with Crippen LogP contribution in [0.2, 0.25) is 5.02 Å². The number of nitrogens with one attached hydrogen (secondary N) is 1. The Morgan fingerprint density at radius 1 is 1.20 bits per heavy atom. The lowest BCUT2D eigenvalue weighted by atomic mass is 9.70. The average Bonchev–Trinajstić information content (AvgIpc) is 3.72. The molecule has 3 saturated heterocycles. The van der Waals surface area contributed by atoms with Gasteiger partial charge < -0.3 is 29.7 Å². The molecule has 3 amide bonds. The van der Waals surface area contributed by atoms with Gasteiger partial charge in [-0.3, -0.25) is 19.2 Å². The second-order valence-corrected chi connectivity index (χ2v) is 15.2. The van der Waals surface area contributed by atoms with Crippen LogP contribution in [-0.4, -0.2) is 82.0 Å². The molecule has 3 fully saturated rings. The van der Waals surface area contributed by atoms with Gasteiger partial charge in [-0.05, 0) is 42.9 Å². The minimum absolute atomic E-state index is 0.0208. The lowest BCUT2D eigenvalue weighted by Crippen LogP contribution is -2.60. The van der Waals surface area contributed by atoms with Crippen LogP contribution in [0.25, 0.3) is 0 Å². The van der Waals surface area contributed by atoms with Crippen molar-refractivity contribution in [1.82, 2.24) is 10.2 Å². The van der Waals surface area contributed by atoms with E-state index in [1.165, 1.54) is 9.80 Å². The molecular weight excluding hydrogens is 738 g/mol. The molecule has 2 aromatic carbocycles. The van der Waals surface area contributed by atoms with Gasteiger partial charge in [0.2, 0.25) is 11.8 Å². The molecule has 2 aromatic rings. The number of aliphatic hydroxyl groups excluding tert-OH is 1. The van der Waals surface area contributed by atoms with Crippen LogP contribution in [0.3, 0.4) is 0 Å². The number of amides is 3. The molecule has 274 valence electrons. The predicted molar refractivity (Wildman–Crippen MR) is 199 cm³/mol. The van der Waals surface area contributed by atoms with Crippen molar-refractivity contribution in [1.29, 1.82) is 0 Å². The summed E-state index contributed by atoms with van der Waals surface area (Å²) in [6.45, 7) is 13.0. The molecule has 0 aromatic heterocycles. The van der Waals surface area contributed by atoms with Gasteiger partial charge in [0, 0.05) is 17.8 Å². The summed E-state index contributed by atoms with van der Waals surface area (Å²) in [6.07, 6.45) is 3.27. The highest BCUT2D eigenvalue weighted by molar-refractivity contribution is 9.09. The van der Waals surface area contributed by atoms with Gasteiger partial charge in [-0.2, -0.15) is 0 Å². The standard InChI is InChI=1S/C39H47BrClN3O7/c1-6-9-18-30(46)42-21-29(25-15-11-10-12-16-25)50-38(49)31-32-36(47)44(28(22-45)23(4)8-3)35(39(32)20-26(40)34(31)51-39)37(48)43(19-7-2)33-24(5)14-13-17-27(33)41/h6-7,10-17,23,26,28-29,31-32,34-35,45H,1-2,8-9,18-22H2,3-5H3,(H,42,46)/t23-,26?,28-,29-,31+,32-,34+,35+,39-/m0/s1. The van der Waals surface area contributed by atoms with E-state index in [-0.39, 0.29) is 42.6 Å². The number of nitrogens with zero attached hydrogens (tertiary/aromatic N) is 2. The Morgan fingerprint density at radius 2 is 1.92 bits per heavy atom. The molecule has 1 unspecified atom stereocenters. The lowest BCUT2D eigenvalue weighted by Gasteiger charge is -2.41. The van der Waals surface area contributed by atoms with Gasteiger partial charge >= 0.3 is 5.97 Å². The minimum Gasteiger partial charge on any atom is -0.455 e. The number of ether oxygens (including phenoxy) is 2. The van der Waals surface area contributed by atoms with Crippen LogP contribution in [0.15, 0.2) is 73.8 Å². The zero-order valence-electron chi connectivity index (χ0n) is 29.3. The first-order valence-electron chi connectivity index (χ1n) is 17.5. The number of anilines is 1. The van der Waals surface area contributed by atoms with Crippen molar-refractivity contribution in [3.8, 4) is 0 Å². The van der Waals surface area contributed by atoms with Crippen LogP contribution in [0, 0.1) is 24.7 Å². The largest absolute Gasteiger partial charge is 0.455 e. The number of likely N-dealkylation sites (tertiary alicyclic amines) is 1. The molecule has 9 atom stereocenters. The van der Waals surface area contributed by atoms with Crippen LogP contribution in [0.1, 0.15) is 56.8 Å². The summed E-state index contributed by atoms with van der Waals surface area (Å²) in [4.78, 5) is 59.6. The second kappa shape index (κ2) is 16.4. The molecular formula is C39H47BrClN3O7. The summed E-state index contributed by atoms with van der Waals surface area (Å²) in [5.74, 6) is -4.08. The fourth-order valence-corrected chi connectivity index (χ4v) is 9.23. The molecule has 5 rings (SSSR count). The Balaban J connectivity index is 1.56. The van der Waals surface area contributed by atoms with Gasteiger partial charge in [0.1, 0.15) is 17.7 Å². The number of allylic oxidation sites excluding steroid dienone is 1. The number of alkyl halides is 1. The average molecular weight is 785 g/mol. The topological polar surface area (TPSA) is 125 Å². The molecule has 3 aliphatic rings. The molecule has 3 heterocycles. The maximum atomic E-state index is 15.1. The van der Waals surface area contributed by atoms with E-state index in [1.54, 1.807) is 36.4 Å². The summed E-state index contributed by atoms with van der Waals surface area (Å²) in [5, 5.41) is 14.0. The van der Waals surface area contributed by atoms with E-state index in [9.17, 15) is 19.5 Å². The number of carbonyl (C=O) groups is 4. The summed E-state index contributed by atoms with van der Waals surface area (Å²) in [5.41, 5.74) is 0.500. The first-order chi connectivity index (χ1) is 24.4. The van der Waals surface area contributed by atoms with Crippen molar-refractivity contribution < 1.29 is 33.8 Å². The number of fused-ring (bicyclic) bond motifs is 1. The van der Waals surface area contributed by atoms with Crippen LogP contribution < -0.4 is 10.2 Å². The molecule has 12 heteroatoms. The van der Waals surface area contributed by atoms with E-state index in [0.29, 0.717) is 29.1 Å². The smallest absolute Gasteiger partial charge is 0.313 e. The van der Waals surface area contributed by atoms with Crippen LogP contribution in [0.5, 0.6) is 0 Å². The molecule has 51 heavy (non-hydrogen) atoms. The van der Waals surface area contributed by atoms with E-state index < -0.39 is 66.1 Å². The van der Waals surface area contributed by atoms with Crippen molar-refractivity contribution >= 4 is 56.9 Å². The van der Waals surface area contributed by atoms with Gasteiger partial charge in [-0.1, -0.05) is 102 Å². The Hall–Kier alpha value is -3.51. The number of rotatable bonds is 16. The van der Waals surface area contributed by atoms with Crippen molar-refractivity contribution in [3.05, 3.63) is 90.0 Å². The highest BCUT2D eigenvalue weighted by Crippen LogP contribution is 2.61. The van der Waals surface area contributed by atoms with E-state index in [4.69, 9.17) is 21.1 Å². The minimum atomic E-state index is -1.41. The van der Waals surface area contributed by atoms with Gasteiger partial charge in [0.05, 0.1) is 47.8 Å². The second-order valence-electron chi connectivity index (χ2n) is 13.7. The molecule has 0 radical (unpaired) electrons. The number of carbonyl (C=O) groups excluding carboxylic acids is 4. The highest BCUT2D eigenvalue weighted by atomic mass is 79.9. The molecule has 0 saturated carbocycles. The molecule has 2 bridgehead atoms. The number of halogens is 2. The summed E-state index contributed by atoms with van der Waals surface area (Å²) in [6, 6.07) is 12.5. The Kier molecular flexibility index (Phi) is 12.5. The third-order valence-electron chi connectivity index (χ3n) is 10.6. The van der Waals surface area contributed by atoms with E-state index in [2.05, 4.69) is 34.4 Å². The number of hydrogen-bond acceptors (Lipinski definition) is 7. The SMILES string of the molecule is C=CCCC(=O)NC[C@H](OC(=O)[C@H]1[C@@H]2O[C@@]3(CC2Br)[C@@H]1C(=O)N([C@@H](CO)[C@@H](C)CC)[C@@H]3C(=O)N(CC=C)c1c(C)cccc1Cl)c1ccccc1. The summed E-state index contributed by atoms with van der Waals surface area (Å²) >= 11 is 10.4. The van der Waals surface area contributed by atoms with Gasteiger partial charge in [0.15, 0.2) is 0 Å². The first-order valence-corrected chi connectivity index (χ1v) is 18.8. The van der Waals surface area contributed by atoms with Gasteiger partial charge in [-0.25, -0.2) is 0 Å². The normalized spacial score (nSPS) is 26.6. The van der Waals surface area contributed by atoms with Gasteiger partial charge in [0.25, 0.3) is 5.91 Å². The predicted octanol–water partition coefficient (Wildman–Crippen LogP) is 5.69. The third kappa shape index (κ3) is 7.27. The Bertz CT molecular complexity index is 1620. The zero-order valence-corrected chi connectivity index (χ0v) is 31.6. The first kappa shape index (κ1) is 38.7. The number of hydrogen-bond donors (Lipinski definition) is 2. The van der Waals surface area contributed by atoms with Crippen molar-refractivity contribution in [2.45, 2.75) is 81.2 Å². The maximum Gasteiger partial charge on any atom is 0.313 e. The monoisotopic (exact) mass is 783 g/mol. The van der Waals surface area contributed by atoms with E-state index in [1.807, 2.05) is 45.0 Å². The van der Waals surface area contributed by atoms with Crippen LogP contribution in [-0.2, 0) is 28.7 Å². The molecule has 2 N–H and O–H groups in total. The van der Waals surface area contributed by atoms with Crippen LogP contribution in [0.4, 0.5) is 5.69 Å². The molecule has 0 aliphatic carbocycles. The molecule has 1 spiro atoms. The quantitative estimate of drug-likeness (QED) is 0.127. The number of benzene rings is 2. The fraction of sp³-hybridized carbons (Fsp3) is 0.487. The maximum absolute atomic E-state index is 15.1. The number of para-hydroxylation sites is 1. The highest BCUT2D eigenvalue weighted by Gasteiger charge is 2.78. The van der Waals surface area contributed by atoms with Crippen molar-refractivity contribution in [3.63, 3.8) is 0 Å². The van der Waals surface area contributed by atoms with Crippen molar-refractivity contribution in [2.24, 2.45) is 17.8 Å². The fourth-order valence-electron chi connectivity index (χ4n) is 7.96. The number of esters is 1. The molecule has 10 nitrogen and oxygen atoms in total.